The quantitative estimate of drug-likeness (QED) is 0.409. The van der Waals surface area contributed by atoms with Gasteiger partial charge in [-0.25, -0.2) is 0 Å². The lowest BCUT2D eigenvalue weighted by atomic mass is 9.91. The van der Waals surface area contributed by atoms with Crippen LogP contribution in [0.1, 0.15) is 31.5 Å². The van der Waals surface area contributed by atoms with E-state index in [0.29, 0.717) is 29.9 Å². The Bertz CT molecular complexity index is 900. The van der Waals surface area contributed by atoms with Crippen molar-refractivity contribution >= 4 is 11.3 Å². The number of nitrogens with one attached hydrogen (secondary N) is 1. The second-order valence-electron chi connectivity index (χ2n) is 6.90. The Balaban J connectivity index is 1.57. The molecule has 4 rings (SSSR count). The van der Waals surface area contributed by atoms with Gasteiger partial charge in [0.1, 0.15) is 5.75 Å². The lowest BCUT2D eigenvalue weighted by Crippen LogP contribution is -2.31. The van der Waals surface area contributed by atoms with Crippen molar-refractivity contribution in [3.05, 3.63) is 41.2 Å². The number of nitrogens with two attached hydrogens (primary N) is 1. The van der Waals surface area contributed by atoms with E-state index in [1.54, 1.807) is 19.2 Å². The van der Waals surface area contributed by atoms with E-state index < -0.39 is 0 Å². The molecule has 0 spiro atoms. The molecule has 7 heteroatoms. The number of nitrogens with zero attached hydrogens (tertiary/aromatic N) is 2. The molecule has 0 fully saturated rings. The number of hydrogen-bond acceptors (Lipinski definition) is 7. The maximum absolute atomic E-state index is 9.58. The fraction of sp³-hybridized carbons (Fsp3) is 0.400. The number of allylic oxidation sites excluding steroid dienone is 3. The van der Waals surface area contributed by atoms with E-state index in [0.717, 1.165) is 37.8 Å². The Labute approximate surface area is 157 Å². The van der Waals surface area contributed by atoms with Crippen LogP contribution in [0.4, 0.5) is 5.69 Å². The first kappa shape index (κ1) is 17.8. The van der Waals surface area contributed by atoms with E-state index in [1.165, 1.54) is 17.2 Å². The van der Waals surface area contributed by atoms with Gasteiger partial charge in [-0.1, -0.05) is 11.2 Å². The van der Waals surface area contributed by atoms with Crippen LogP contribution < -0.4 is 11.1 Å². The number of hydrogen-bond donors (Lipinski definition) is 3. The predicted octanol–water partition coefficient (Wildman–Crippen LogP) is 2.90. The largest absolute Gasteiger partial charge is 0.506 e. The van der Waals surface area contributed by atoms with Crippen LogP contribution >= 0.6 is 0 Å². The summed E-state index contributed by atoms with van der Waals surface area (Å²) >= 11 is 0. The zero-order valence-corrected chi connectivity index (χ0v) is 15.4. The summed E-state index contributed by atoms with van der Waals surface area (Å²) in [5.74, 6) is 1.06. The number of benzene rings is 1. The third-order valence-electron chi connectivity index (χ3n) is 5.22. The minimum atomic E-state index is 0.0428. The van der Waals surface area contributed by atoms with Crippen LogP contribution in [0, 0.1) is 0 Å². The van der Waals surface area contributed by atoms with Crippen LogP contribution in [-0.2, 0) is 4.74 Å². The molecule has 1 aromatic carbocycles. The van der Waals surface area contributed by atoms with Crippen molar-refractivity contribution in [3.63, 3.8) is 0 Å². The number of rotatable bonds is 6. The molecule has 0 saturated heterocycles. The molecule has 27 heavy (non-hydrogen) atoms. The average Bonchev–Trinajstić information content (AvgIpc) is 3.32. The Kier molecular flexibility index (Phi) is 4.96. The van der Waals surface area contributed by atoms with Crippen molar-refractivity contribution < 1.29 is 14.4 Å². The Morgan fingerprint density at radius 3 is 3.07 bits per heavy atom. The van der Waals surface area contributed by atoms with Gasteiger partial charge in [0.15, 0.2) is 0 Å². The molecule has 0 radical (unpaired) electrons. The summed E-state index contributed by atoms with van der Waals surface area (Å²) in [6.45, 7) is 1.57. The van der Waals surface area contributed by atoms with Crippen LogP contribution in [0.5, 0.6) is 5.75 Å². The smallest absolute Gasteiger partial charge is 0.258 e. The maximum atomic E-state index is 9.58. The number of phenolic OH excluding ortho intramolecular Hbond substituents is 1. The molecule has 7 nitrogen and oxygen atoms in total. The minimum Gasteiger partial charge on any atom is -0.506 e. The lowest BCUT2D eigenvalue weighted by molar-refractivity contribution is 0.197. The van der Waals surface area contributed by atoms with Crippen LogP contribution in [0.25, 0.3) is 17.0 Å². The van der Waals surface area contributed by atoms with Crippen LogP contribution in [0.15, 0.2) is 39.9 Å². The number of aromatic nitrogens is 2. The van der Waals surface area contributed by atoms with E-state index in [2.05, 4.69) is 21.5 Å². The summed E-state index contributed by atoms with van der Waals surface area (Å²) in [6.07, 6.45) is 6.36. The van der Waals surface area contributed by atoms with Gasteiger partial charge in [0.05, 0.1) is 12.3 Å². The van der Waals surface area contributed by atoms with Crippen molar-refractivity contribution in [2.45, 2.75) is 31.7 Å². The Morgan fingerprint density at radius 1 is 1.37 bits per heavy atom. The molecule has 1 atom stereocenters. The van der Waals surface area contributed by atoms with Crippen molar-refractivity contribution in [2.24, 2.45) is 0 Å². The van der Waals surface area contributed by atoms with Gasteiger partial charge in [-0.05, 0) is 55.0 Å². The van der Waals surface area contributed by atoms with Gasteiger partial charge in [-0.15, -0.1) is 0 Å². The number of ether oxygens (including phenoxy) is 1. The highest BCUT2D eigenvalue weighted by Gasteiger charge is 2.30. The third kappa shape index (κ3) is 3.48. The van der Waals surface area contributed by atoms with Crippen LogP contribution in [0.3, 0.4) is 0 Å². The highest BCUT2D eigenvalue weighted by Crippen LogP contribution is 2.41. The van der Waals surface area contributed by atoms with Crippen molar-refractivity contribution in [1.82, 2.24) is 15.5 Å². The van der Waals surface area contributed by atoms with E-state index >= 15 is 0 Å². The van der Waals surface area contributed by atoms with Gasteiger partial charge in [0, 0.05) is 30.8 Å². The highest BCUT2D eigenvalue weighted by molar-refractivity contribution is 5.79. The van der Waals surface area contributed by atoms with E-state index in [9.17, 15) is 5.11 Å². The summed E-state index contributed by atoms with van der Waals surface area (Å²) in [6, 6.07) is 5.29. The summed E-state index contributed by atoms with van der Waals surface area (Å²) in [7, 11) is 1.72. The molecule has 2 aliphatic rings. The summed E-state index contributed by atoms with van der Waals surface area (Å²) in [5, 5.41) is 17.4. The SMILES string of the molecule is COCCN[C@H]1CCC2=C1CCC=C2c1noc(-c2ccc(O)c(N)c2)n1. The zero-order chi connectivity index (χ0) is 18.8. The minimum absolute atomic E-state index is 0.0428. The number of aromatic hydroxyl groups is 1. The third-order valence-corrected chi connectivity index (χ3v) is 5.22. The second-order valence-corrected chi connectivity index (χ2v) is 6.90. The molecule has 4 N–H and O–H groups in total. The number of phenols is 1. The molecule has 1 heterocycles. The molecule has 142 valence electrons. The van der Waals surface area contributed by atoms with Crippen LogP contribution in [-0.4, -0.2) is 41.6 Å². The predicted molar refractivity (Wildman–Crippen MR) is 103 cm³/mol. The molecule has 2 aromatic rings. The molecule has 2 aliphatic carbocycles. The van der Waals surface area contributed by atoms with Gasteiger partial charge in [-0.3, -0.25) is 0 Å². The first-order valence-corrected chi connectivity index (χ1v) is 9.25. The summed E-state index contributed by atoms with van der Waals surface area (Å²) in [4.78, 5) is 4.58. The zero-order valence-electron chi connectivity index (χ0n) is 15.4. The summed E-state index contributed by atoms with van der Waals surface area (Å²) in [5.41, 5.74) is 10.6. The fourth-order valence-electron chi connectivity index (χ4n) is 3.89. The van der Waals surface area contributed by atoms with Crippen molar-refractivity contribution in [3.8, 4) is 17.2 Å². The molecule has 0 amide bonds. The van der Waals surface area contributed by atoms with E-state index in [1.807, 2.05) is 0 Å². The van der Waals surface area contributed by atoms with Crippen molar-refractivity contribution in [1.29, 1.82) is 0 Å². The Morgan fingerprint density at radius 2 is 2.26 bits per heavy atom. The second kappa shape index (κ2) is 7.54. The number of nitrogen functional groups attached to an aromatic ring is 1. The standard InChI is InChI=1S/C20H24N4O3/c1-26-10-9-22-17-7-6-13-14(17)3-2-4-15(13)19-23-20(27-24-19)12-5-8-18(25)16(21)11-12/h4-5,8,11,17,22,25H,2-3,6-7,9-10,21H2,1H3/t17-/m0/s1. The molecule has 0 saturated carbocycles. The highest BCUT2D eigenvalue weighted by atomic mass is 16.5. The number of methoxy groups -OCH3 is 1. The molecule has 0 aliphatic heterocycles. The fourth-order valence-corrected chi connectivity index (χ4v) is 3.89. The summed E-state index contributed by atoms with van der Waals surface area (Å²) < 4.78 is 10.6. The van der Waals surface area contributed by atoms with Gasteiger partial charge in [-0.2, -0.15) is 4.98 Å². The van der Waals surface area contributed by atoms with Gasteiger partial charge in [0.25, 0.3) is 5.89 Å². The Hall–Kier alpha value is -2.64. The normalized spacial score (nSPS) is 19.3. The number of anilines is 1. The maximum Gasteiger partial charge on any atom is 0.258 e. The molecular formula is C20H24N4O3. The monoisotopic (exact) mass is 368 g/mol. The molecule has 1 aromatic heterocycles. The van der Waals surface area contributed by atoms with Crippen LogP contribution in [0.2, 0.25) is 0 Å². The van der Waals surface area contributed by atoms with E-state index in [4.69, 9.17) is 15.0 Å². The van der Waals surface area contributed by atoms with Gasteiger partial charge >= 0.3 is 0 Å². The molecule has 0 unspecified atom stereocenters. The lowest BCUT2D eigenvalue weighted by Gasteiger charge is -2.20. The first-order chi connectivity index (χ1) is 13.2. The van der Waals surface area contributed by atoms with Gasteiger partial charge in [0.2, 0.25) is 5.82 Å². The van der Waals surface area contributed by atoms with E-state index in [-0.39, 0.29) is 11.4 Å². The average molecular weight is 368 g/mol. The topological polar surface area (TPSA) is 106 Å². The molecule has 0 bridgehead atoms. The van der Waals surface area contributed by atoms with Crippen molar-refractivity contribution in [2.75, 3.05) is 26.0 Å². The van der Waals surface area contributed by atoms with Gasteiger partial charge < -0.3 is 25.4 Å². The first-order valence-electron chi connectivity index (χ1n) is 9.25. The molecular weight excluding hydrogens is 344 g/mol.